The van der Waals surface area contributed by atoms with Gasteiger partial charge in [0.05, 0.1) is 42.1 Å². The van der Waals surface area contributed by atoms with Crippen molar-refractivity contribution in [2.24, 2.45) is 22.2 Å². The van der Waals surface area contributed by atoms with Crippen LogP contribution in [0.5, 0.6) is 17.4 Å². The molecule has 3 N–H and O–H groups in total. The molecule has 0 radical (unpaired) electrons. The summed E-state index contributed by atoms with van der Waals surface area (Å²) < 4.78 is 52.7. The normalized spacial score (nSPS) is 29.1. The van der Waals surface area contributed by atoms with Crippen LogP contribution in [0.1, 0.15) is 90.5 Å². The summed E-state index contributed by atoms with van der Waals surface area (Å²) in [5.41, 5.74) is -0.453. The first-order valence-corrected chi connectivity index (χ1v) is 24.3. The Kier molecular flexibility index (Phi) is 12.5. The van der Waals surface area contributed by atoms with E-state index in [9.17, 15) is 27.6 Å². The van der Waals surface area contributed by atoms with Gasteiger partial charge in [-0.2, -0.15) is 0 Å². The van der Waals surface area contributed by atoms with Crippen LogP contribution in [0.3, 0.4) is 0 Å². The number of carbonyl (C=O) groups excluding carboxylic acids is 4. The average Bonchev–Trinajstić information content (AvgIpc) is 4.03. The van der Waals surface area contributed by atoms with Gasteiger partial charge < -0.3 is 34.5 Å². The molecule has 1 saturated heterocycles. The van der Waals surface area contributed by atoms with Crippen LogP contribution in [0.25, 0.3) is 10.9 Å². The smallest absolute Gasteiger partial charge is 0.407 e. The number of aryl methyl sites for hydroxylation is 1. The van der Waals surface area contributed by atoms with Gasteiger partial charge in [-0.1, -0.05) is 32.8 Å². The molecule has 0 spiro atoms. The quantitative estimate of drug-likeness (QED) is 0.260. The largest absolute Gasteiger partial charge is 0.496 e. The Morgan fingerprint density at radius 1 is 1.13 bits per heavy atom. The fourth-order valence-corrected chi connectivity index (χ4v) is 11.5. The fourth-order valence-electron chi connectivity index (χ4n) is 9.30. The third-order valence-electron chi connectivity index (χ3n) is 13.1. The summed E-state index contributed by atoms with van der Waals surface area (Å²) in [6, 6.07) is 3.43. The number of methoxy groups -OCH3 is 1. The first kappa shape index (κ1) is 44.0. The fraction of sp³-hybridized carbons (Fsp3) is 0.636. The first-order chi connectivity index (χ1) is 29.6. The Balaban J connectivity index is 1.16. The van der Waals surface area contributed by atoms with Gasteiger partial charge in [-0.15, -0.1) is 18.3 Å². The van der Waals surface area contributed by atoms with Crippen LogP contribution in [0.15, 0.2) is 35.8 Å². The van der Waals surface area contributed by atoms with Crippen LogP contribution in [-0.4, -0.2) is 115 Å². The van der Waals surface area contributed by atoms with Gasteiger partial charge >= 0.3 is 6.09 Å². The first-order valence-electron chi connectivity index (χ1n) is 21.8. The highest BCUT2D eigenvalue weighted by molar-refractivity contribution is 8.14. The van der Waals surface area contributed by atoms with Crippen molar-refractivity contribution in [2.45, 2.75) is 126 Å². The predicted molar refractivity (Wildman–Crippen MR) is 234 cm³/mol. The van der Waals surface area contributed by atoms with Crippen molar-refractivity contribution in [3.8, 4) is 17.4 Å². The van der Waals surface area contributed by atoms with Crippen LogP contribution in [0.2, 0.25) is 0 Å². The molecule has 6 aliphatic rings. The molecule has 6 atom stereocenters. The van der Waals surface area contributed by atoms with E-state index < -0.39 is 68.7 Å². The van der Waals surface area contributed by atoms with Crippen LogP contribution >= 0.6 is 11.8 Å². The minimum atomic E-state index is -3.92. The maximum Gasteiger partial charge on any atom is 0.407 e. The van der Waals surface area contributed by atoms with E-state index in [4.69, 9.17) is 23.9 Å². The number of hydrogen-bond donors (Lipinski definition) is 3. The van der Waals surface area contributed by atoms with E-state index in [1.54, 1.807) is 24.9 Å². The molecule has 336 valence electrons. The topological polar surface area (TPSA) is 204 Å². The molecule has 16 nitrogen and oxygen atoms in total. The molecule has 4 heterocycles. The number of sulfonamides is 1. The number of benzene rings is 1. The highest BCUT2D eigenvalue weighted by Crippen LogP contribution is 2.46. The minimum absolute atomic E-state index is 0.0274. The highest BCUT2D eigenvalue weighted by atomic mass is 32.2. The zero-order chi connectivity index (χ0) is 44.0. The Morgan fingerprint density at radius 2 is 1.90 bits per heavy atom. The van der Waals surface area contributed by atoms with E-state index >= 15 is 0 Å². The number of nitrogens with one attached hydrogen (secondary N) is 3. The van der Waals surface area contributed by atoms with Crippen molar-refractivity contribution in [2.75, 3.05) is 32.6 Å². The van der Waals surface area contributed by atoms with E-state index in [1.165, 1.54) is 11.0 Å². The highest BCUT2D eigenvalue weighted by Gasteiger charge is 2.62. The number of alkyl carbamates (subject to hydrolysis) is 1. The molecule has 8 rings (SSSR count). The van der Waals surface area contributed by atoms with Crippen molar-refractivity contribution in [3.05, 3.63) is 36.4 Å². The molecule has 62 heavy (non-hydrogen) atoms. The number of ether oxygens (including phenoxy) is 4. The summed E-state index contributed by atoms with van der Waals surface area (Å²) in [4.78, 5) is 67.8. The SMILES string of the molecule is C=C[C@@H]1C[C@]1(NC(=O)[C@@H]1C[C@@H]2CN1C(=O)[C@H](C1CCCC1)NC(=O)OCC(C)(C)CCCc1cc3c(cc(OCC4CSC(C)=N4)nc3cc1OC)O2)C(=O)NS(=O)(=O)C1CC1. The maximum atomic E-state index is 15.0. The second-order valence-electron chi connectivity index (χ2n) is 18.5. The van der Waals surface area contributed by atoms with Crippen molar-refractivity contribution in [1.29, 1.82) is 0 Å². The Hall–Kier alpha value is -4.58. The van der Waals surface area contributed by atoms with E-state index in [1.807, 2.05) is 32.9 Å². The van der Waals surface area contributed by atoms with Crippen LogP contribution in [0, 0.1) is 17.3 Å². The second kappa shape index (κ2) is 17.5. The number of aromatic nitrogens is 1. The number of pyridine rings is 1. The summed E-state index contributed by atoms with van der Waals surface area (Å²) in [7, 11) is -2.31. The van der Waals surface area contributed by atoms with E-state index in [2.05, 4.69) is 26.9 Å². The van der Waals surface area contributed by atoms with Gasteiger partial charge in [0.1, 0.15) is 41.8 Å². The molecular weight excluding hydrogens is 837 g/mol. The number of cyclic esters (lactones) is 1. The number of aliphatic imine (C=N–C) groups is 1. The number of rotatable bonds is 11. The van der Waals surface area contributed by atoms with Gasteiger partial charge in [-0.25, -0.2) is 18.2 Å². The van der Waals surface area contributed by atoms with Gasteiger partial charge in [-0.05, 0) is 81.3 Å². The number of hydrogen-bond acceptors (Lipinski definition) is 13. The maximum absolute atomic E-state index is 15.0. The van der Waals surface area contributed by atoms with Gasteiger partial charge in [0.15, 0.2) is 0 Å². The molecule has 4 fully saturated rings. The summed E-state index contributed by atoms with van der Waals surface area (Å²) >= 11 is 1.68. The molecule has 3 aliphatic carbocycles. The molecule has 3 saturated carbocycles. The lowest BCUT2D eigenvalue weighted by Gasteiger charge is -2.32. The number of fused-ring (bicyclic) bond motifs is 3. The lowest BCUT2D eigenvalue weighted by Crippen LogP contribution is -2.59. The molecule has 1 aromatic carbocycles. The Morgan fingerprint density at radius 3 is 2.58 bits per heavy atom. The summed E-state index contributed by atoms with van der Waals surface area (Å²) in [6.07, 6.45) is 6.49. The molecule has 1 aromatic heterocycles. The molecule has 3 aliphatic heterocycles. The average molecular weight is 895 g/mol. The Bertz CT molecular complexity index is 2260. The molecule has 4 bridgehead atoms. The van der Waals surface area contributed by atoms with Crippen molar-refractivity contribution < 1.29 is 46.5 Å². The van der Waals surface area contributed by atoms with Gasteiger partial charge in [0.2, 0.25) is 27.7 Å². The summed E-state index contributed by atoms with van der Waals surface area (Å²) in [5.74, 6) is -0.459. The predicted octanol–water partition coefficient (Wildman–Crippen LogP) is 4.82. The van der Waals surface area contributed by atoms with Gasteiger partial charge in [0, 0.05) is 35.6 Å². The molecular formula is C44H58N6O10S2. The molecule has 1 unspecified atom stereocenters. The van der Waals surface area contributed by atoms with E-state index in [0.717, 1.165) is 42.0 Å². The summed E-state index contributed by atoms with van der Waals surface area (Å²) in [5, 5.41) is 6.80. The molecule has 18 heteroatoms. The van der Waals surface area contributed by atoms with Crippen LogP contribution < -0.4 is 29.6 Å². The lowest BCUT2D eigenvalue weighted by atomic mass is 9.87. The standard InChI is InChI=1S/C44H58N6O10S2/c1-6-28-20-44(28,41(53)49-62(55,56)31-13-14-31)48-39(51)34-17-30-21-50(34)40(52)38(26-10-7-8-11-26)47-42(54)59-24-43(3,4)15-9-12-27-16-32-33(18-35(27)57-5)46-37(19-36(32)60-30)58-22-29-23-61-25(2)45-29/h6,16,18-19,26,28-31,34,38H,1,7-15,17,20-24H2,2-5H3,(H,47,54)(H,48,51)(H,49,53)/t28-,29?,30-,34+,38+,44-/m1/s1. The van der Waals surface area contributed by atoms with Gasteiger partial charge in [0.25, 0.3) is 5.91 Å². The third-order valence-corrected chi connectivity index (χ3v) is 16.0. The zero-order valence-electron chi connectivity index (χ0n) is 35.9. The minimum Gasteiger partial charge on any atom is -0.496 e. The van der Waals surface area contributed by atoms with Crippen molar-refractivity contribution >= 4 is 61.5 Å². The van der Waals surface area contributed by atoms with Crippen LogP contribution in [0.4, 0.5) is 4.79 Å². The zero-order valence-corrected chi connectivity index (χ0v) is 37.5. The lowest BCUT2D eigenvalue weighted by molar-refractivity contribution is -0.142. The van der Waals surface area contributed by atoms with Crippen LogP contribution in [-0.2, 0) is 35.6 Å². The number of carbonyl (C=O) groups is 4. The number of thioether (sulfide) groups is 1. The van der Waals surface area contributed by atoms with E-state index in [-0.39, 0.29) is 43.4 Å². The number of amides is 4. The molecule has 2 aromatic rings. The second-order valence-corrected chi connectivity index (χ2v) is 21.7. The van der Waals surface area contributed by atoms with Crippen molar-refractivity contribution in [1.82, 2.24) is 25.2 Å². The molecule has 4 amide bonds. The Labute approximate surface area is 367 Å². The van der Waals surface area contributed by atoms with Gasteiger partial charge in [-0.3, -0.25) is 24.1 Å². The van der Waals surface area contributed by atoms with E-state index in [0.29, 0.717) is 67.0 Å². The third kappa shape index (κ3) is 9.50. The monoisotopic (exact) mass is 894 g/mol. The summed E-state index contributed by atoms with van der Waals surface area (Å²) in [6.45, 7) is 10.3. The number of nitrogens with zero attached hydrogens (tertiary/aromatic N) is 3. The van der Waals surface area contributed by atoms with Crippen molar-refractivity contribution in [3.63, 3.8) is 0 Å².